The first-order valence-corrected chi connectivity index (χ1v) is 7.21. The van der Waals surface area contributed by atoms with Crippen LogP contribution in [0.15, 0.2) is 18.2 Å². The molecule has 2 rings (SSSR count). The first-order chi connectivity index (χ1) is 9.11. The molecule has 3 heteroatoms. The lowest BCUT2D eigenvalue weighted by Gasteiger charge is -2.25. The number of benzene rings is 1. The molecule has 0 radical (unpaired) electrons. The summed E-state index contributed by atoms with van der Waals surface area (Å²) in [4.78, 5) is 0. The van der Waals surface area contributed by atoms with E-state index in [0.717, 1.165) is 11.5 Å². The molecular weight excluding hydrogens is 241 g/mol. The van der Waals surface area contributed by atoms with Crippen molar-refractivity contribution >= 4 is 0 Å². The van der Waals surface area contributed by atoms with Crippen LogP contribution in [0.2, 0.25) is 0 Å². The van der Waals surface area contributed by atoms with Gasteiger partial charge in [0.25, 0.3) is 0 Å². The zero-order valence-corrected chi connectivity index (χ0v) is 12.1. The van der Waals surface area contributed by atoms with Crippen molar-refractivity contribution in [3.8, 4) is 5.75 Å². The molecule has 1 saturated carbocycles. The van der Waals surface area contributed by atoms with E-state index in [1.54, 1.807) is 6.07 Å². The average Bonchev–Trinajstić information content (AvgIpc) is 2.93. The van der Waals surface area contributed by atoms with Crippen molar-refractivity contribution in [3.63, 3.8) is 0 Å². The van der Waals surface area contributed by atoms with Crippen molar-refractivity contribution in [1.82, 2.24) is 5.32 Å². The summed E-state index contributed by atoms with van der Waals surface area (Å²) < 4.78 is 18.4. The molecule has 1 aromatic carbocycles. The summed E-state index contributed by atoms with van der Waals surface area (Å²) in [5, 5.41) is 3.63. The molecule has 0 aliphatic heterocycles. The summed E-state index contributed by atoms with van der Waals surface area (Å²) in [6.45, 7) is 4.38. The molecule has 0 aromatic heterocycles. The average molecular weight is 265 g/mol. The molecule has 0 spiro atoms. The highest BCUT2D eigenvalue weighted by Crippen LogP contribution is 2.29. The van der Waals surface area contributed by atoms with Crippen molar-refractivity contribution in [2.75, 3.05) is 7.11 Å². The number of methoxy groups -OCH3 is 1. The van der Waals surface area contributed by atoms with E-state index in [1.807, 2.05) is 6.07 Å². The van der Waals surface area contributed by atoms with Crippen LogP contribution >= 0.6 is 0 Å². The second-order valence-electron chi connectivity index (χ2n) is 5.62. The monoisotopic (exact) mass is 265 g/mol. The molecule has 2 atom stereocenters. The van der Waals surface area contributed by atoms with Crippen LogP contribution in [0.25, 0.3) is 0 Å². The third kappa shape index (κ3) is 3.47. The van der Waals surface area contributed by atoms with E-state index >= 15 is 0 Å². The molecule has 19 heavy (non-hydrogen) atoms. The minimum atomic E-state index is -0.303. The van der Waals surface area contributed by atoms with Gasteiger partial charge < -0.3 is 10.1 Å². The van der Waals surface area contributed by atoms with Gasteiger partial charge in [-0.1, -0.05) is 18.9 Å². The van der Waals surface area contributed by atoms with Gasteiger partial charge in [-0.3, -0.25) is 0 Å². The zero-order chi connectivity index (χ0) is 13.8. The largest absolute Gasteiger partial charge is 0.494 e. The number of nitrogens with one attached hydrogen (secondary N) is 1. The molecule has 0 heterocycles. The van der Waals surface area contributed by atoms with Gasteiger partial charge in [0.2, 0.25) is 0 Å². The van der Waals surface area contributed by atoms with Crippen molar-refractivity contribution < 1.29 is 9.13 Å². The van der Waals surface area contributed by atoms with Crippen LogP contribution < -0.4 is 10.1 Å². The van der Waals surface area contributed by atoms with Gasteiger partial charge in [-0.25, -0.2) is 4.39 Å². The first-order valence-electron chi connectivity index (χ1n) is 7.21. The van der Waals surface area contributed by atoms with Crippen molar-refractivity contribution in [3.05, 3.63) is 29.6 Å². The molecule has 1 N–H and O–H groups in total. The highest BCUT2D eigenvalue weighted by atomic mass is 19.1. The lowest BCUT2D eigenvalue weighted by atomic mass is 9.98. The molecule has 0 saturated heterocycles. The normalized spacial score (nSPS) is 19.4. The van der Waals surface area contributed by atoms with E-state index in [1.165, 1.54) is 38.9 Å². The lowest BCUT2D eigenvalue weighted by Crippen LogP contribution is -2.34. The van der Waals surface area contributed by atoms with Gasteiger partial charge in [0.15, 0.2) is 11.6 Å². The number of hydrogen-bond donors (Lipinski definition) is 1. The van der Waals surface area contributed by atoms with Crippen LogP contribution in [-0.4, -0.2) is 13.2 Å². The Bertz CT molecular complexity index is 415. The highest BCUT2D eigenvalue weighted by Gasteiger charge is 2.23. The Labute approximate surface area is 115 Å². The Morgan fingerprint density at radius 2 is 1.95 bits per heavy atom. The fourth-order valence-corrected chi connectivity index (χ4v) is 3.03. The van der Waals surface area contributed by atoms with Gasteiger partial charge in [-0.15, -0.1) is 0 Å². The topological polar surface area (TPSA) is 21.3 Å². The number of ether oxygens (including phenoxy) is 1. The second kappa shape index (κ2) is 6.38. The predicted molar refractivity (Wildman–Crippen MR) is 75.9 cm³/mol. The van der Waals surface area contributed by atoms with Crippen LogP contribution in [0, 0.1) is 11.7 Å². The summed E-state index contributed by atoms with van der Waals surface area (Å²) in [5.41, 5.74) is 1.07. The molecule has 2 unspecified atom stereocenters. The molecule has 2 nitrogen and oxygen atoms in total. The maximum Gasteiger partial charge on any atom is 0.165 e. The Kier molecular flexibility index (Phi) is 4.81. The molecule has 1 aromatic rings. The molecular formula is C16H24FNO. The lowest BCUT2D eigenvalue weighted by molar-refractivity contribution is 0.350. The Morgan fingerprint density at radius 3 is 2.58 bits per heavy atom. The van der Waals surface area contributed by atoms with Gasteiger partial charge in [0.05, 0.1) is 7.11 Å². The molecule has 106 valence electrons. The highest BCUT2D eigenvalue weighted by molar-refractivity contribution is 5.32. The number of halogens is 1. The van der Waals surface area contributed by atoms with Gasteiger partial charge in [0.1, 0.15) is 0 Å². The SMILES string of the molecule is COc1cc(C(C)NC(C)C2CCCC2)ccc1F. The van der Waals surface area contributed by atoms with Gasteiger partial charge >= 0.3 is 0 Å². The number of rotatable bonds is 5. The van der Waals surface area contributed by atoms with Crippen LogP contribution in [0.3, 0.4) is 0 Å². The Hall–Kier alpha value is -1.09. The van der Waals surface area contributed by atoms with Crippen LogP contribution in [0.5, 0.6) is 5.75 Å². The van der Waals surface area contributed by atoms with Gasteiger partial charge in [0, 0.05) is 12.1 Å². The minimum Gasteiger partial charge on any atom is -0.494 e. The summed E-state index contributed by atoms with van der Waals surface area (Å²) in [6.07, 6.45) is 5.37. The van der Waals surface area contributed by atoms with Gasteiger partial charge in [-0.2, -0.15) is 0 Å². The molecule has 0 amide bonds. The van der Waals surface area contributed by atoms with Gasteiger partial charge in [-0.05, 0) is 50.3 Å². The zero-order valence-electron chi connectivity index (χ0n) is 12.1. The summed E-state index contributed by atoms with van der Waals surface area (Å²) in [5.74, 6) is 0.798. The third-order valence-electron chi connectivity index (χ3n) is 4.30. The molecule has 1 aliphatic rings. The quantitative estimate of drug-likeness (QED) is 0.866. The van der Waals surface area contributed by atoms with E-state index in [-0.39, 0.29) is 11.9 Å². The van der Waals surface area contributed by atoms with Crippen molar-refractivity contribution in [2.24, 2.45) is 5.92 Å². The van der Waals surface area contributed by atoms with E-state index in [0.29, 0.717) is 11.8 Å². The van der Waals surface area contributed by atoms with E-state index in [2.05, 4.69) is 19.2 Å². The Balaban J connectivity index is 2.00. The second-order valence-corrected chi connectivity index (χ2v) is 5.62. The standard InChI is InChI=1S/C16H24FNO/c1-11(13-6-4-5-7-13)18-12(2)14-8-9-15(17)16(10-14)19-3/h8-13,18H,4-7H2,1-3H3. The fraction of sp³-hybridized carbons (Fsp3) is 0.625. The molecule has 1 fully saturated rings. The van der Waals surface area contributed by atoms with Crippen LogP contribution in [-0.2, 0) is 0 Å². The van der Waals surface area contributed by atoms with Crippen LogP contribution in [0.1, 0.15) is 51.1 Å². The van der Waals surface area contributed by atoms with E-state index in [4.69, 9.17) is 4.74 Å². The van der Waals surface area contributed by atoms with E-state index < -0.39 is 0 Å². The third-order valence-corrected chi connectivity index (χ3v) is 4.30. The van der Waals surface area contributed by atoms with Crippen molar-refractivity contribution in [1.29, 1.82) is 0 Å². The molecule has 1 aliphatic carbocycles. The Morgan fingerprint density at radius 1 is 1.26 bits per heavy atom. The maximum atomic E-state index is 13.4. The first kappa shape index (κ1) is 14.3. The maximum absolute atomic E-state index is 13.4. The predicted octanol–water partition coefficient (Wildman–Crippen LogP) is 4.06. The summed E-state index contributed by atoms with van der Waals surface area (Å²) in [7, 11) is 1.50. The number of hydrogen-bond acceptors (Lipinski definition) is 2. The molecule has 0 bridgehead atoms. The smallest absolute Gasteiger partial charge is 0.165 e. The summed E-state index contributed by atoms with van der Waals surface area (Å²) in [6, 6.07) is 5.82. The summed E-state index contributed by atoms with van der Waals surface area (Å²) >= 11 is 0. The van der Waals surface area contributed by atoms with Crippen LogP contribution in [0.4, 0.5) is 4.39 Å². The fourth-order valence-electron chi connectivity index (χ4n) is 3.03. The van der Waals surface area contributed by atoms with Crippen molar-refractivity contribution in [2.45, 2.75) is 51.6 Å². The minimum absolute atomic E-state index is 0.213. The van der Waals surface area contributed by atoms with E-state index in [9.17, 15) is 4.39 Å².